The van der Waals surface area contributed by atoms with Crippen LogP contribution in [0.15, 0.2) is 4.99 Å². The molecular formula is C4H9BrN2O. The van der Waals surface area contributed by atoms with Gasteiger partial charge in [0, 0.05) is 0 Å². The molecule has 0 bridgehead atoms. The van der Waals surface area contributed by atoms with Crippen LogP contribution in [0, 0.1) is 0 Å². The van der Waals surface area contributed by atoms with Crippen LogP contribution in [0.3, 0.4) is 0 Å². The van der Waals surface area contributed by atoms with Crippen molar-refractivity contribution in [3.05, 3.63) is 0 Å². The third-order valence-corrected chi connectivity index (χ3v) is 0.948. The molecule has 0 spiro atoms. The fourth-order valence-corrected chi connectivity index (χ4v) is 0.501. The average Bonchev–Trinajstić information content (AvgIpc) is 2.14. The lowest BCUT2D eigenvalue weighted by molar-refractivity contribution is 0.264. The largest absolute Gasteiger partial charge is 0.394 e. The number of aliphatic hydroxyl groups excluding tert-OH is 1. The molecule has 2 N–H and O–H groups in total. The summed E-state index contributed by atoms with van der Waals surface area (Å²) >= 11 is 0. The van der Waals surface area contributed by atoms with Crippen LogP contribution in [-0.4, -0.2) is 30.6 Å². The Morgan fingerprint density at radius 3 is 2.88 bits per heavy atom. The molecule has 1 aliphatic heterocycles. The van der Waals surface area contributed by atoms with E-state index in [0.717, 1.165) is 6.54 Å². The van der Waals surface area contributed by atoms with Crippen molar-refractivity contribution in [1.82, 2.24) is 5.32 Å². The minimum Gasteiger partial charge on any atom is -0.394 e. The molecule has 0 aromatic carbocycles. The van der Waals surface area contributed by atoms with E-state index in [1.807, 2.05) is 0 Å². The third-order valence-electron chi connectivity index (χ3n) is 0.948. The third kappa shape index (κ3) is 1.79. The maximum absolute atomic E-state index is 8.42. The molecule has 0 saturated carbocycles. The van der Waals surface area contributed by atoms with Crippen LogP contribution in [0.2, 0.25) is 0 Å². The van der Waals surface area contributed by atoms with Gasteiger partial charge in [-0.25, -0.2) is 0 Å². The molecule has 1 unspecified atom stereocenters. The van der Waals surface area contributed by atoms with E-state index in [9.17, 15) is 0 Å². The fraction of sp³-hybridized carbons (Fsp3) is 0.750. The summed E-state index contributed by atoms with van der Waals surface area (Å²) in [5, 5.41) is 11.3. The van der Waals surface area contributed by atoms with Crippen LogP contribution in [0.1, 0.15) is 0 Å². The van der Waals surface area contributed by atoms with Crippen LogP contribution in [0.4, 0.5) is 0 Å². The Kier molecular flexibility index (Phi) is 3.81. The van der Waals surface area contributed by atoms with Gasteiger partial charge in [-0.2, -0.15) is 0 Å². The molecule has 0 aliphatic carbocycles. The standard InChI is InChI=1S/C4H8N2O.BrH/c7-2-4-1-5-3-6-4;/h3-4,7H,1-2H2,(H,5,6);1H. The molecule has 1 heterocycles. The van der Waals surface area contributed by atoms with Crippen LogP contribution in [0.25, 0.3) is 0 Å². The molecule has 4 heteroatoms. The van der Waals surface area contributed by atoms with Gasteiger partial charge in [0.05, 0.1) is 25.5 Å². The Morgan fingerprint density at radius 2 is 2.62 bits per heavy atom. The number of hydrogen-bond acceptors (Lipinski definition) is 3. The van der Waals surface area contributed by atoms with E-state index < -0.39 is 0 Å². The van der Waals surface area contributed by atoms with Crippen molar-refractivity contribution in [2.24, 2.45) is 4.99 Å². The van der Waals surface area contributed by atoms with Crippen molar-refractivity contribution in [3.8, 4) is 0 Å². The van der Waals surface area contributed by atoms with Gasteiger partial charge >= 0.3 is 0 Å². The van der Waals surface area contributed by atoms with E-state index in [2.05, 4.69) is 10.3 Å². The number of aliphatic hydroxyl groups is 1. The summed E-state index contributed by atoms with van der Waals surface area (Å²) in [5.74, 6) is 0. The Hall–Kier alpha value is -0.0900. The lowest BCUT2D eigenvalue weighted by Gasteiger charge is -2.01. The van der Waals surface area contributed by atoms with Gasteiger partial charge in [0.25, 0.3) is 0 Å². The molecule has 0 radical (unpaired) electrons. The highest BCUT2D eigenvalue weighted by molar-refractivity contribution is 8.93. The van der Waals surface area contributed by atoms with Gasteiger partial charge in [0.2, 0.25) is 0 Å². The second-order valence-corrected chi connectivity index (χ2v) is 1.54. The van der Waals surface area contributed by atoms with Crippen LogP contribution in [-0.2, 0) is 0 Å². The second kappa shape index (κ2) is 3.86. The Bertz CT molecular complexity index is 78.1. The fourth-order valence-electron chi connectivity index (χ4n) is 0.501. The smallest absolute Gasteiger partial charge is 0.0828 e. The lowest BCUT2D eigenvalue weighted by Crippen LogP contribution is -2.28. The van der Waals surface area contributed by atoms with Gasteiger partial charge in [0.15, 0.2) is 0 Å². The molecule has 1 atom stereocenters. The highest BCUT2D eigenvalue weighted by Gasteiger charge is 2.05. The topological polar surface area (TPSA) is 44.6 Å². The van der Waals surface area contributed by atoms with E-state index in [1.54, 1.807) is 6.34 Å². The summed E-state index contributed by atoms with van der Waals surface area (Å²) in [5.41, 5.74) is 0. The van der Waals surface area contributed by atoms with Crippen LogP contribution >= 0.6 is 17.0 Å². The second-order valence-electron chi connectivity index (χ2n) is 1.54. The monoisotopic (exact) mass is 180 g/mol. The molecule has 0 fully saturated rings. The van der Waals surface area contributed by atoms with Gasteiger partial charge in [0.1, 0.15) is 0 Å². The Labute approximate surface area is 58.6 Å². The number of rotatable bonds is 1. The van der Waals surface area contributed by atoms with E-state index in [4.69, 9.17) is 5.11 Å². The quantitative estimate of drug-likeness (QED) is 0.575. The van der Waals surface area contributed by atoms with Crippen molar-refractivity contribution in [2.45, 2.75) is 6.04 Å². The number of nitrogens with one attached hydrogen (secondary N) is 1. The van der Waals surface area contributed by atoms with Crippen molar-refractivity contribution in [2.75, 3.05) is 13.2 Å². The van der Waals surface area contributed by atoms with Gasteiger partial charge in [-0.15, -0.1) is 17.0 Å². The molecule has 0 aromatic rings. The number of hydrogen-bond donors (Lipinski definition) is 2. The van der Waals surface area contributed by atoms with Crippen molar-refractivity contribution in [1.29, 1.82) is 0 Å². The molecule has 8 heavy (non-hydrogen) atoms. The lowest BCUT2D eigenvalue weighted by atomic mass is 10.3. The molecule has 0 amide bonds. The number of nitrogens with zero attached hydrogens (tertiary/aromatic N) is 1. The normalized spacial score (nSPS) is 24.4. The summed E-state index contributed by atoms with van der Waals surface area (Å²) in [6, 6.07) is 0.181. The van der Waals surface area contributed by atoms with Crippen LogP contribution < -0.4 is 5.32 Å². The minimum absolute atomic E-state index is 0. The van der Waals surface area contributed by atoms with E-state index in [1.165, 1.54) is 0 Å². The molecular weight excluding hydrogens is 172 g/mol. The maximum atomic E-state index is 8.42. The summed E-state index contributed by atoms with van der Waals surface area (Å²) in [6.07, 6.45) is 1.63. The van der Waals surface area contributed by atoms with Crippen LogP contribution in [0.5, 0.6) is 0 Å². The highest BCUT2D eigenvalue weighted by Crippen LogP contribution is 1.86. The zero-order valence-electron chi connectivity index (χ0n) is 4.37. The van der Waals surface area contributed by atoms with E-state index in [-0.39, 0.29) is 29.6 Å². The minimum atomic E-state index is 0. The summed E-state index contributed by atoms with van der Waals surface area (Å²) in [6.45, 7) is 0.899. The average molecular weight is 181 g/mol. The first-order valence-corrected chi connectivity index (χ1v) is 2.28. The summed E-state index contributed by atoms with van der Waals surface area (Å²) in [4.78, 5) is 3.84. The van der Waals surface area contributed by atoms with Gasteiger partial charge in [-0.1, -0.05) is 0 Å². The van der Waals surface area contributed by atoms with Crippen molar-refractivity contribution >= 4 is 23.3 Å². The molecule has 48 valence electrons. The zero-order valence-corrected chi connectivity index (χ0v) is 6.08. The summed E-state index contributed by atoms with van der Waals surface area (Å²) in [7, 11) is 0. The highest BCUT2D eigenvalue weighted by atomic mass is 79.9. The Balaban J connectivity index is 0.000000490. The maximum Gasteiger partial charge on any atom is 0.0828 e. The predicted octanol–water partition coefficient (Wildman–Crippen LogP) is -0.443. The van der Waals surface area contributed by atoms with E-state index >= 15 is 0 Å². The molecule has 1 aliphatic rings. The first-order chi connectivity index (χ1) is 3.43. The predicted molar refractivity (Wildman–Crippen MR) is 37.7 cm³/mol. The zero-order chi connectivity index (χ0) is 5.11. The number of halogens is 1. The van der Waals surface area contributed by atoms with Gasteiger partial charge in [-0.3, -0.25) is 4.99 Å². The molecule has 0 saturated heterocycles. The first-order valence-electron chi connectivity index (χ1n) is 2.28. The Morgan fingerprint density at radius 1 is 1.88 bits per heavy atom. The number of aliphatic imine (C=N–C) groups is 1. The van der Waals surface area contributed by atoms with E-state index in [0.29, 0.717) is 0 Å². The SMILES string of the molecule is Br.OCC1CN=CN1. The first kappa shape index (κ1) is 7.91. The van der Waals surface area contributed by atoms with Crippen molar-refractivity contribution < 1.29 is 5.11 Å². The summed E-state index contributed by atoms with van der Waals surface area (Å²) < 4.78 is 0. The van der Waals surface area contributed by atoms with Gasteiger partial charge < -0.3 is 10.4 Å². The molecule has 1 rings (SSSR count). The van der Waals surface area contributed by atoms with Gasteiger partial charge in [-0.05, 0) is 0 Å². The molecule has 0 aromatic heterocycles. The van der Waals surface area contributed by atoms with Crippen molar-refractivity contribution in [3.63, 3.8) is 0 Å². The molecule has 3 nitrogen and oxygen atoms in total.